The summed E-state index contributed by atoms with van der Waals surface area (Å²) < 4.78 is 7.24. The van der Waals surface area contributed by atoms with E-state index in [0.29, 0.717) is 5.75 Å². The van der Waals surface area contributed by atoms with Crippen molar-refractivity contribution in [1.29, 1.82) is 0 Å². The second kappa shape index (κ2) is 5.71. The van der Waals surface area contributed by atoms with Gasteiger partial charge in [0.2, 0.25) is 5.75 Å². The summed E-state index contributed by atoms with van der Waals surface area (Å²) in [7, 11) is 0. The molecule has 0 unspecified atom stereocenters. The van der Waals surface area contributed by atoms with Crippen LogP contribution in [0.2, 0.25) is 0 Å². The van der Waals surface area contributed by atoms with Crippen LogP contribution in [0.15, 0.2) is 45.3 Å². The van der Waals surface area contributed by atoms with Crippen LogP contribution in [-0.2, 0) is 0 Å². The van der Waals surface area contributed by atoms with E-state index in [0.717, 1.165) is 14.5 Å². The lowest BCUT2D eigenvalue weighted by Crippen LogP contribution is -1.94. The Labute approximate surface area is 126 Å². The number of nitro benzene ring substituents is 1. The van der Waals surface area contributed by atoms with Gasteiger partial charge in [0.15, 0.2) is 0 Å². The van der Waals surface area contributed by atoms with E-state index in [1.165, 1.54) is 6.07 Å². The van der Waals surface area contributed by atoms with E-state index in [9.17, 15) is 10.1 Å². The summed E-state index contributed by atoms with van der Waals surface area (Å²) in [4.78, 5) is 10.5. The highest BCUT2D eigenvalue weighted by Crippen LogP contribution is 2.35. The number of halogens is 2. The smallest absolute Gasteiger partial charge is 0.311 e. The summed E-state index contributed by atoms with van der Waals surface area (Å²) in [6, 6.07) is 10.1. The molecule has 6 heteroatoms. The number of nitrogens with zero attached hydrogens (tertiary/aromatic N) is 1. The number of nitro groups is 1. The first-order valence-corrected chi connectivity index (χ1v) is 6.94. The maximum atomic E-state index is 11.0. The fourth-order valence-electron chi connectivity index (χ4n) is 1.52. The summed E-state index contributed by atoms with van der Waals surface area (Å²) in [5.74, 6) is 0.788. The molecular weight excluding hydrogens is 378 g/mol. The van der Waals surface area contributed by atoms with Crippen molar-refractivity contribution in [1.82, 2.24) is 0 Å². The van der Waals surface area contributed by atoms with Crippen molar-refractivity contribution >= 4 is 37.5 Å². The topological polar surface area (TPSA) is 52.4 Å². The van der Waals surface area contributed by atoms with E-state index < -0.39 is 4.92 Å². The molecule has 0 aliphatic heterocycles. The minimum atomic E-state index is -0.463. The highest BCUT2D eigenvalue weighted by molar-refractivity contribution is 9.10. The minimum absolute atomic E-state index is 0.0671. The Balaban J connectivity index is 2.45. The Morgan fingerprint density at radius 1 is 1.05 bits per heavy atom. The van der Waals surface area contributed by atoms with Gasteiger partial charge in [-0.1, -0.05) is 37.9 Å². The molecule has 2 aromatic rings. The molecule has 0 saturated heterocycles. The zero-order valence-corrected chi connectivity index (χ0v) is 13.1. The van der Waals surface area contributed by atoms with Crippen molar-refractivity contribution in [2.75, 3.05) is 0 Å². The first kappa shape index (κ1) is 14.0. The molecule has 19 heavy (non-hydrogen) atoms. The Bertz CT molecular complexity index is 644. The van der Waals surface area contributed by atoms with Gasteiger partial charge in [0, 0.05) is 21.1 Å². The lowest BCUT2D eigenvalue weighted by molar-refractivity contribution is -0.385. The fourth-order valence-corrected chi connectivity index (χ4v) is 2.20. The monoisotopic (exact) mass is 385 g/mol. The molecule has 0 N–H and O–H groups in total. The predicted molar refractivity (Wildman–Crippen MR) is 79.7 cm³/mol. The molecule has 0 amide bonds. The molecule has 4 nitrogen and oxygen atoms in total. The van der Waals surface area contributed by atoms with Gasteiger partial charge >= 0.3 is 5.69 Å². The first-order valence-electron chi connectivity index (χ1n) is 5.35. The molecule has 0 saturated carbocycles. The van der Waals surface area contributed by atoms with Crippen molar-refractivity contribution < 1.29 is 9.66 Å². The number of aryl methyl sites for hydroxylation is 1. The third-order valence-corrected chi connectivity index (χ3v) is 3.48. The highest BCUT2D eigenvalue weighted by Gasteiger charge is 2.16. The molecule has 2 aromatic carbocycles. The molecule has 0 aliphatic carbocycles. The number of ether oxygens (including phenoxy) is 1. The van der Waals surface area contributed by atoms with Gasteiger partial charge in [-0.25, -0.2) is 0 Å². The summed E-state index contributed by atoms with van der Waals surface area (Å²) in [6.45, 7) is 1.88. The largest absolute Gasteiger partial charge is 0.450 e. The number of hydrogen-bond donors (Lipinski definition) is 0. The number of rotatable bonds is 3. The Morgan fingerprint density at radius 3 is 2.26 bits per heavy atom. The van der Waals surface area contributed by atoms with Crippen molar-refractivity contribution in [3.8, 4) is 11.5 Å². The van der Waals surface area contributed by atoms with E-state index >= 15 is 0 Å². The normalized spacial score (nSPS) is 10.3. The van der Waals surface area contributed by atoms with Crippen LogP contribution in [-0.4, -0.2) is 4.92 Å². The molecule has 0 radical (unpaired) electrons. The van der Waals surface area contributed by atoms with Crippen LogP contribution in [0.1, 0.15) is 5.56 Å². The van der Waals surface area contributed by atoms with Crippen LogP contribution in [0, 0.1) is 17.0 Å². The average Bonchev–Trinajstić information content (AvgIpc) is 2.33. The van der Waals surface area contributed by atoms with Crippen LogP contribution in [0.4, 0.5) is 5.69 Å². The van der Waals surface area contributed by atoms with Crippen LogP contribution >= 0.6 is 31.9 Å². The van der Waals surface area contributed by atoms with Crippen molar-refractivity contribution in [3.05, 3.63) is 61.0 Å². The van der Waals surface area contributed by atoms with Crippen molar-refractivity contribution in [2.24, 2.45) is 0 Å². The standard InChI is InChI=1S/C13H9Br2NO3/c1-8-2-3-9(14)6-12(8)19-13-7-10(15)4-5-11(13)16(17)18/h2-7H,1H3. The van der Waals surface area contributed by atoms with Gasteiger partial charge in [-0.2, -0.15) is 0 Å². The second-order valence-corrected chi connectivity index (χ2v) is 5.71. The van der Waals surface area contributed by atoms with Gasteiger partial charge in [0.1, 0.15) is 5.75 Å². The van der Waals surface area contributed by atoms with Gasteiger partial charge in [-0.3, -0.25) is 10.1 Å². The third-order valence-electron chi connectivity index (χ3n) is 2.49. The van der Waals surface area contributed by atoms with E-state index in [4.69, 9.17) is 4.74 Å². The molecule has 0 aromatic heterocycles. The zero-order valence-electron chi connectivity index (χ0n) is 9.89. The van der Waals surface area contributed by atoms with Gasteiger partial charge in [-0.15, -0.1) is 0 Å². The summed E-state index contributed by atoms with van der Waals surface area (Å²) in [5.41, 5.74) is 0.833. The number of benzene rings is 2. The first-order chi connectivity index (χ1) is 8.97. The quantitative estimate of drug-likeness (QED) is 0.536. The maximum absolute atomic E-state index is 11.0. The van der Waals surface area contributed by atoms with Crippen molar-refractivity contribution in [2.45, 2.75) is 6.92 Å². The van der Waals surface area contributed by atoms with Crippen LogP contribution in [0.3, 0.4) is 0 Å². The molecule has 0 aliphatic rings. The summed E-state index contributed by atoms with van der Waals surface area (Å²) >= 11 is 6.63. The van der Waals surface area contributed by atoms with Gasteiger partial charge in [0.05, 0.1) is 4.92 Å². The Hall–Kier alpha value is -1.40. The van der Waals surface area contributed by atoms with E-state index in [2.05, 4.69) is 31.9 Å². The molecule has 0 heterocycles. The summed E-state index contributed by atoms with van der Waals surface area (Å²) in [5, 5.41) is 11.0. The molecule has 0 atom stereocenters. The maximum Gasteiger partial charge on any atom is 0.311 e. The molecule has 0 bridgehead atoms. The molecular formula is C13H9Br2NO3. The van der Waals surface area contributed by atoms with Gasteiger partial charge in [0.25, 0.3) is 0 Å². The third kappa shape index (κ3) is 3.33. The lowest BCUT2D eigenvalue weighted by Gasteiger charge is -2.09. The second-order valence-electron chi connectivity index (χ2n) is 3.88. The summed E-state index contributed by atoms with van der Waals surface area (Å²) in [6.07, 6.45) is 0. The molecule has 0 spiro atoms. The van der Waals surface area contributed by atoms with Crippen LogP contribution in [0.25, 0.3) is 0 Å². The Morgan fingerprint density at radius 2 is 1.63 bits per heavy atom. The molecule has 98 valence electrons. The zero-order chi connectivity index (χ0) is 14.0. The SMILES string of the molecule is Cc1ccc(Br)cc1Oc1cc(Br)ccc1[N+](=O)[O-]. The van der Waals surface area contributed by atoms with E-state index in [1.807, 2.05) is 19.1 Å². The average molecular weight is 387 g/mol. The predicted octanol–water partition coefficient (Wildman–Crippen LogP) is 5.22. The fraction of sp³-hybridized carbons (Fsp3) is 0.0769. The van der Waals surface area contributed by atoms with Gasteiger partial charge in [-0.05, 0) is 30.7 Å². The molecule has 0 fully saturated rings. The van der Waals surface area contributed by atoms with Crippen LogP contribution in [0.5, 0.6) is 11.5 Å². The van der Waals surface area contributed by atoms with Crippen LogP contribution < -0.4 is 4.74 Å². The van der Waals surface area contributed by atoms with E-state index in [-0.39, 0.29) is 11.4 Å². The van der Waals surface area contributed by atoms with Crippen molar-refractivity contribution in [3.63, 3.8) is 0 Å². The highest BCUT2D eigenvalue weighted by atomic mass is 79.9. The lowest BCUT2D eigenvalue weighted by atomic mass is 10.2. The minimum Gasteiger partial charge on any atom is -0.450 e. The van der Waals surface area contributed by atoms with Gasteiger partial charge < -0.3 is 4.74 Å². The number of hydrogen-bond acceptors (Lipinski definition) is 3. The Kier molecular flexibility index (Phi) is 4.21. The molecule has 2 rings (SSSR count). The van der Waals surface area contributed by atoms with E-state index in [1.54, 1.807) is 18.2 Å².